The lowest BCUT2D eigenvalue weighted by Gasteiger charge is -2.10. The Labute approximate surface area is 107 Å². The molecule has 2 unspecified atom stereocenters. The Morgan fingerprint density at radius 3 is 1.59 bits per heavy atom. The van der Waals surface area contributed by atoms with Crippen molar-refractivity contribution >= 4 is 22.0 Å². The van der Waals surface area contributed by atoms with Crippen LogP contribution in [0.2, 0.25) is 0 Å². The maximum Gasteiger partial charge on any atom is 0.224 e. The van der Waals surface area contributed by atoms with Crippen molar-refractivity contribution in [3.05, 3.63) is 0 Å². The smallest absolute Gasteiger partial charge is 0.224 e. The van der Waals surface area contributed by atoms with Crippen LogP contribution in [-0.4, -0.2) is 32.7 Å². The molecule has 0 aliphatic carbocycles. The average molecular weight is 262 g/mol. The highest BCUT2D eigenvalue weighted by Gasteiger charge is 2.23. The fraction of sp³-hybridized carbons (Fsp3) is 0.833. The Hall–Kier alpha value is -0.390. The zero-order valence-electron chi connectivity index (χ0n) is 10.5. The van der Waals surface area contributed by atoms with Crippen LogP contribution in [0.1, 0.15) is 52.4 Å². The van der Waals surface area contributed by atoms with E-state index in [9.17, 15) is 19.8 Å². The van der Waals surface area contributed by atoms with Gasteiger partial charge in [0.15, 0.2) is 0 Å². The summed E-state index contributed by atoms with van der Waals surface area (Å²) < 4.78 is 0. The SMILES string of the molecule is CCCCC(O)C(=O)SC(=O)C(O)CCCC. The van der Waals surface area contributed by atoms with Gasteiger partial charge in [0.2, 0.25) is 10.2 Å². The van der Waals surface area contributed by atoms with Gasteiger partial charge in [-0.05, 0) is 24.6 Å². The van der Waals surface area contributed by atoms with E-state index < -0.39 is 22.4 Å². The third-order valence-corrected chi connectivity index (χ3v) is 3.35. The Morgan fingerprint density at radius 2 is 1.29 bits per heavy atom. The molecule has 0 rings (SSSR count). The Balaban J connectivity index is 3.97. The first-order chi connectivity index (χ1) is 8.02. The predicted molar refractivity (Wildman–Crippen MR) is 68.7 cm³/mol. The summed E-state index contributed by atoms with van der Waals surface area (Å²) in [5.41, 5.74) is 0. The number of hydrogen-bond donors (Lipinski definition) is 2. The van der Waals surface area contributed by atoms with E-state index in [1.54, 1.807) is 0 Å². The fourth-order valence-electron chi connectivity index (χ4n) is 1.27. The molecule has 0 aliphatic heterocycles. The number of aliphatic hydroxyl groups excluding tert-OH is 2. The van der Waals surface area contributed by atoms with E-state index >= 15 is 0 Å². The van der Waals surface area contributed by atoms with E-state index in [1.165, 1.54) is 0 Å². The first kappa shape index (κ1) is 16.6. The summed E-state index contributed by atoms with van der Waals surface area (Å²) in [4.78, 5) is 22.8. The van der Waals surface area contributed by atoms with Crippen molar-refractivity contribution < 1.29 is 19.8 Å². The lowest BCUT2D eigenvalue weighted by Crippen LogP contribution is -2.24. The second-order valence-electron chi connectivity index (χ2n) is 4.06. The number of rotatable bonds is 8. The highest BCUT2D eigenvalue weighted by molar-refractivity contribution is 8.26. The number of unbranched alkanes of at least 4 members (excludes halogenated alkanes) is 2. The van der Waals surface area contributed by atoms with Crippen LogP contribution in [0.5, 0.6) is 0 Å². The van der Waals surface area contributed by atoms with Crippen LogP contribution < -0.4 is 0 Å². The largest absolute Gasteiger partial charge is 0.384 e. The van der Waals surface area contributed by atoms with E-state index in [-0.39, 0.29) is 0 Å². The van der Waals surface area contributed by atoms with Crippen molar-refractivity contribution in [2.75, 3.05) is 0 Å². The Morgan fingerprint density at radius 1 is 0.941 bits per heavy atom. The molecule has 2 atom stereocenters. The van der Waals surface area contributed by atoms with Crippen LogP contribution in [0.25, 0.3) is 0 Å². The van der Waals surface area contributed by atoms with Gasteiger partial charge in [0.1, 0.15) is 12.2 Å². The monoisotopic (exact) mass is 262 g/mol. The van der Waals surface area contributed by atoms with E-state index in [0.29, 0.717) is 24.6 Å². The third-order valence-electron chi connectivity index (χ3n) is 2.41. The van der Waals surface area contributed by atoms with E-state index in [1.807, 2.05) is 13.8 Å². The van der Waals surface area contributed by atoms with Crippen LogP contribution >= 0.6 is 11.8 Å². The highest BCUT2D eigenvalue weighted by atomic mass is 32.2. The summed E-state index contributed by atoms with van der Waals surface area (Å²) in [7, 11) is 0. The van der Waals surface area contributed by atoms with Gasteiger partial charge in [-0.2, -0.15) is 0 Å². The molecule has 0 aromatic rings. The number of hydrogen-bond acceptors (Lipinski definition) is 5. The molecular weight excluding hydrogens is 240 g/mol. The van der Waals surface area contributed by atoms with Crippen molar-refractivity contribution in [1.29, 1.82) is 0 Å². The van der Waals surface area contributed by atoms with Gasteiger partial charge in [0, 0.05) is 0 Å². The summed E-state index contributed by atoms with van der Waals surface area (Å²) in [5, 5.41) is 17.8. The van der Waals surface area contributed by atoms with E-state index in [0.717, 1.165) is 25.7 Å². The summed E-state index contributed by atoms with van der Waals surface area (Å²) in [6.45, 7) is 3.92. The molecule has 0 bridgehead atoms. The van der Waals surface area contributed by atoms with Crippen molar-refractivity contribution in [3.63, 3.8) is 0 Å². The molecule has 0 radical (unpaired) electrons. The molecule has 17 heavy (non-hydrogen) atoms. The molecule has 0 spiro atoms. The molecule has 0 saturated heterocycles. The van der Waals surface area contributed by atoms with Gasteiger partial charge in [-0.15, -0.1) is 0 Å². The zero-order chi connectivity index (χ0) is 13.3. The van der Waals surface area contributed by atoms with Gasteiger partial charge >= 0.3 is 0 Å². The van der Waals surface area contributed by atoms with Crippen LogP contribution in [0, 0.1) is 0 Å². The van der Waals surface area contributed by atoms with Crippen molar-refractivity contribution in [1.82, 2.24) is 0 Å². The van der Waals surface area contributed by atoms with Gasteiger partial charge in [0.25, 0.3) is 0 Å². The molecular formula is C12H22O4S. The average Bonchev–Trinajstić information content (AvgIpc) is 2.32. The number of aliphatic hydroxyl groups is 2. The summed E-state index contributed by atoms with van der Waals surface area (Å²) in [6, 6.07) is 0. The lowest BCUT2D eigenvalue weighted by molar-refractivity contribution is -0.121. The minimum absolute atomic E-state index is 0.376. The minimum atomic E-state index is -1.10. The van der Waals surface area contributed by atoms with Crippen molar-refractivity contribution in [2.24, 2.45) is 0 Å². The lowest BCUT2D eigenvalue weighted by atomic mass is 10.2. The second-order valence-corrected chi connectivity index (χ2v) is 5.07. The molecule has 100 valence electrons. The topological polar surface area (TPSA) is 74.6 Å². The maximum atomic E-state index is 11.4. The predicted octanol–water partition coefficient (Wildman–Crippen LogP) is 1.87. The van der Waals surface area contributed by atoms with Gasteiger partial charge < -0.3 is 10.2 Å². The molecule has 0 fully saturated rings. The van der Waals surface area contributed by atoms with Crippen LogP contribution in [0.4, 0.5) is 0 Å². The van der Waals surface area contributed by atoms with Gasteiger partial charge in [0.05, 0.1) is 0 Å². The molecule has 0 aromatic carbocycles. The zero-order valence-corrected chi connectivity index (χ0v) is 11.3. The molecule has 2 N–H and O–H groups in total. The molecule has 4 nitrogen and oxygen atoms in total. The highest BCUT2D eigenvalue weighted by Crippen LogP contribution is 2.16. The van der Waals surface area contributed by atoms with Crippen molar-refractivity contribution in [2.45, 2.75) is 64.6 Å². The molecule has 0 amide bonds. The maximum absolute atomic E-state index is 11.4. The molecule has 0 aliphatic rings. The minimum Gasteiger partial charge on any atom is -0.384 e. The molecule has 0 aromatic heterocycles. The van der Waals surface area contributed by atoms with Crippen molar-refractivity contribution in [3.8, 4) is 0 Å². The van der Waals surface area contributed by atoms with Gasteiger partial charge in [-0.25, -0.2) is 0 Å². The second kappa shape index (κ2) is 9.62. The number of thioether (sulfide) groups is 1. The van der Waals surface area contributed by atoms with Crippen LogP contribution in [0.15, 0.2) is 0 Å². The Bertz CT molecular complexity index is 219. The molecule has 5 heteroatoms. The van der Waals surface area contributed by atoms with E-state index in [2.05, 4.69) is 0 Å². The van der Waals surface area contributed by atoms with Gasteiger partial charge in [-0.1, -0.05) is 39.5 Å². The molecule has 0 saturated carbocycles. The third kappa shape index (κ3) is 7.52. The summed E-state index contributed by atoms with van der Waals surface area (Å²) >= 11 is 0.439. The normalized spacial score (nSPS) is 14.4. The van der Waals surface area contributed by atoms with E-state index in [4.69, 9.17) is 0 Å². The van der Waals surface area contributed by atoms with Crippen LogP contribution in [-0.2, 0) is 9.59 Å². The summed E-state index contributed by atoms with van der Waals surface area (Å²) in [5.74, 6) is 0. The first-order valence-corrected chi connectivity index (χ1v) is 6.96. The van der Waals surface area contributed by atoms with Gasteiger partial charge in [-0.3, -0.25) is 9.59 Å². The van der Waals surface area contributed by atoms with Crippen LogP contribution in [0.3, 0.4) is 0 Å². The fourth-order valence-corrected chi connectivity index (χ4v) is 1.97. The first-order valence-electron chi connectivity index (χ1n) is 6.14. The molecule has 0 heterocycles. The Kier molecular flexibility index (Phi) is 9.40. The standard InChI is InChI=1S/C12H22O4S/c1-3-5-7-9(13)11(15)17-12(16)10(14)8-6-4-2/h9-10,13-14H,3-8H2,1-2H3. The number of carbonyl (C=O) groups excluding carboxylic acids is 2. The quantitative estimate of drug-likeness (QED) is 0.698. The summed E-state index contributed by atoms with van der Waals surface area (Å²) in [6.07, 6.45) is 1.84. The number of carbonyl (C=O) groups is 2.